The van der Waals surface area contributed by atoms with Crippen LogP contribution in [-0.2, 0) is 4.79 Å². The number of para-hydroxylation sites is 2. The quantitative estimate of drug-likeness (QED) is 0.268. The van der Waals surface area contributed by atoms with Gasteiger partial charge in [-0.3, -0.25) is 10.1 Å². The zero-order valence-corrected chi connectivity index (χ0v) is 14.5. The summed E-state index contributed by atoms with van der Waals surface area (Å²) >= 11 is 0.626. The summed E-state index contributed by atoms with van der Waals surface area (Å²) in [7, 11) is 1.18. The van der Waals surface area contributed by atoms with Crippen molar-refractivity contribution in [2.45, 2.75) is 5.22 Å². The Morgan fingerprint density at radius 3 is 2.70 bits per heavy atom. The minimum atomic E-state index is -1.59. The molecule has 1 heterocycles. The van der Waals surface area contributed by atoms with Crippen LogP contribution in [0.25, 0.3) is 17.2 Å². The number of hydrogen-bond acceptors (Lipinski definition) is 9. The molecule has 0 radical (unpaired) electrons. The Bertz CT molecular complexity index is 1040. The minimum Gasteiger partial charge on any atom is -0.870 e. The van der Waals surface area contributed by atoms with E-state index in [0.717, 1.165) is 18.2 Å². The van der Waals surface area contributed by atoms with E-state index in [2.05, 4.69) is 4.98 Å². The topological polar surface area (TPSA) is 142 Å². The summed E-state index contributed by atoms with van der Waals surface area (Å²) in [5.41, 5.74) is 0.338. The fourth-order valence-electron chi connectivity index (χ4n) is 2.23. The number of thioether (sulfide) groups is 1. The van der Waals surface area contributed by atoms with Gasteiger partial charge in [-0.15, -0.1) is 0 Å². The first-order valence-corrected chi connectivity index (χ1v) is 8.20. The molecular formula is C17H10N2O7S-2. The average Bonchev–Trinajstić information content (AvgIpc) is 3.04. The number of nitrogens with zero attached hydrogens (tertiary/aromatic N) is 2. The van der Waals surface area contributed by atoms with Gasteiger partial charge in [-0.2, -0.15) is 0 Å². The summed E-state index contributed by atoms with van der Waals surface area (Å²) in [5.74, 6) is -2.56. The van der Waals surface area contributed by atoms with Crippen molar-refractivity contribution in [1.29, 1.82) is 0 Å². The minimum absolute atomic E-state index is 0.0245. The van der Waals surface area contributed by atoms with E-state index in [1.54, 1.807) is 24.3 Å². The SMILES string of the molecule is COc1cc([N+](=O)[O-])cc(/C=C(\Sc2nc3ccccc3o2)C(=O)[O-])c1[O-]. The number of hydrogen-bond donors (Lipinski definition) is 0. The molecule has 10 heteroatoms. The number of carbonyl (C=O) groups excluding carboxylic acids is 1. The fourth-order valence-corrected chi connectivity index (χ4v) is 2.97. The molecular weight excluding hydrogens is 376 g/mol. The maximum atomic E-state index is 12.3. The van der Waals surface area contributed by atoms with E-state index in [4.69, 9.17) is 9.15 Å². The lowest BCUT2D eigenvalue weighted by Crippen LogP contribution is -2.23. The molecule has 27 heavy (non-hydrogen) atoms. The number of aromatic nitrogens is 1. The van der Waals surface area contributed by atoms with E-state index in [1.165, 1.54) is 7.11 Å². The van der Waals surface area contributed by atoms with Gasteiger partial charge in [0.2, 0.25) is 0 Å². The summed E-state index contributed by atoms with van der Waals surface area (Å²) in [5, 5.41) is 34.8. The number of carboxylic acid groups (broad SMARTS) is 1. The highest BCUT2D eigenvalue weighted by Crippen LogP contribution is 2.36. The number of benzene rings is 2. The standard InChI is InChI=1S/C17H12N2O7S/c1-25-13-8-10(19(23)24)6-9(15(13)20)7-14(16(21)22)27-17-18-11-4-2-3-5-12(11)26-17/h2-8,20H,1H3,(H,21,22)/p-2/b14-7-. The summed E-state index contributed by atoms with van der Waals surface area (Å²) < 4.78 is 10.3. The predicted molar refractivity (Wildman–Crippen MR) is 91.9 cm³/mol. The van der Waals surface area contributed by atoms with Crippen molar-refractivity contribution in [3.8, 4) is 11.5 Å². The van der Waals surface area contributed by atoms with Gasteiger partial charge in [0.15, 0.2) is 5.58 Å². The van der Waals surface area contributed by atoms with Crippen LogP contribution in [0.15, 0.2) is 50.9 Å². The van der Waals surface area contributed by atoms with E-state index in [0.29, 0.717) is 22.9 Å². The molecule has 3 rings (SSSR count). The smallest absolute Gasteiger partial charge is 0.273 e. The number of carboxylic acids is 1. The molecule has 0 aliphatic carbocycles. The van der Waals surface area contributed by atoms with Gasteiger partial charge in [0.25, 0.3) is 10.9 Å². The molecule has 0 atom stereocenters. The Labute approximate surface area is 156 Å². The number of rotatable bonds is 6. The maximum Gasteiger partial charge on any atom is 0.273 e. The van der Waals surface area contributed by atoms with Crippen LogP contribution >= 0.6 is 11.8 Å². The van der Waals surface area contributed by atoms with E-state index in [1.807, 2.05) is 0 Å². The Balaban J connectivity index is 2.04. The van der Waals surface area contributed by atoms with E-state index in [-0.39, 0.29) is 16.5 Å². The van der Waals surface area contributed by atoms with Crippen molar-refractivity contribution < 1.29 is 29.1 Å². The van der Waals surface area contributed by atoms with Gasteiger partial charge >= 0.3 is 0 Å². The van der Waals surface area contributed by atoms with Gasteiger partial charge in [0, 0.05) is 11.0 Å². The first-order chi connectivity index (χ1) is 12.9. The highest BCUT2D eigenvalue weighted by atomic mass is 32.2. The normalized spacial score (nSPS) is 11.5. The summed E-state index contributed by atoms with van der Waals surface area (Å²) in [4.78, 5) is 25.5. The largest absolute Gasteiger partial charge is 0.870 e. The lowest BCUT2D eigenvalue weighted by molar-refractivity contribution is -0.385. The number of nitro groups is 1. The third-order valence-corrected chi connectivity index (χ3v) is 4.31. The molecule has 2 aromatic carbocycles. The van der Waals surface area contributed by atoms with Crippen LogP contribution in [0, 0.1) is 10.1 Å². The Morgan fingerprint density at radius 1 is 1.33 bits per heavy atom. The molecule has 3 aromatic rings. The average molecular weight is 386 g/mol. The molecule has 0 bridgehead atoms. The third kappa shape index (κ3) is 3.85. The molecule has 0 fully saturated rings. The van der Waals surface area contributed by atoms with Gasteiger partial charge < -0.3 is 24.2 Å². The number of ether oxygens (including phenoxy) is 1. The monoisotopic (exact) mass is 386 g/mol. The van der Waals surface area contributed by atoms with E-state index in [9.17, 15) is 25.1 Å². The van der Waals surface area contributed by atoms with Crippen LogP contribution in [0.4, 0.5) is 5.69 Å². The van der Waals surface area contributed by atoms with Crippen molar-refractivity contribution in [2.75, 3.05) is 7.11 Å². The first-order valence-electron chi connectivity index (χ1n) is 7.39. The molecule has 0 saturated heterocycles. The molecule has 9 nitrogen and oxygen atoms in total. The number of non-ortho nitro benzene ring substituents is 1. The summed E-state index contributed by atoms with van der Waals surface area (Å²) in [6, 6.07) is 8.75. The van der Waals surface area contributed by atoms with Crippen molar-refractivity contribution in [3.63, 3.8) is 0 Å². The van der Waals surface area contributed by atoms with Crippen LogP contribution in [0.5, 0.6) is 11.5 Å². The second kappa shape index (κ2) is 7.38. The number of methoxy groups -OCH3 is 1. The summed E-state index contributed by atoms with van der Waals surface area (Å²) in [6.45, 7) is 0. The zero-order valence-electron chi connectivity index (χ0n) is 13.7. The summed E-state index contributed by atoms with van der Waals surface area (Å²) in [6.07, 6.45) is 0.965. The van der Waals surface area contributed by atoms with Crippen molar-refractivity contribution >= 4 is 40.6 Å². The number of fused-ring (bicyclic) bond motifs is 1. The van der Waals surface area contributed by atoms with E-state index < -0.39 is 27.2 Å². The second-order valence-corrected chi connectivity index (χ2v) is 6.16. The first kappa shape index (κ1) is 18.3. The van der Waals surface area contributed by atoms with Crippen LogP contribution in [0.2, 0.25) is 0 Å². The van der Waals surface area contributed by atoms with Gasteiger partial charge in [0.05, 0.1) is 24.1 Å². The van der Waals surface area contributed by atoms with E-state index >= 15 is 0 Å². The Hall–Kier alpha value is -3.53. The van der Waals surface area contributed by atoms with Crippen LogP contribution < -0.4 is 14.9 Å². The molecule has 0 amide bonds. The van der Waals surface area contributed by atoms with Crippen LogP contribution in [0.3, 0.4) is 0 Å². The molecule has 0 saturated carbocycles. The van der Waals surface area contributed by atoms with Gasteiger partial charge in [0.1, 0.15) is 11.3 Å². The molecule has 0 spiro atoms. The molecule has 0 aliphatic heterocycles. The maximum absolute atomic E-state index is 12.3. The van der Waals surface area contributed by atoms with Gasteiger partial charge in [-0.25, -0.2) is 4.98 Å². The third-order valence-electron chi connectivity index (χ3n) is 3.46. The van der Waals surface area contributed by atoms with Gasteiger partial charge in [-0.1, -0.05) is 17.9 Å². The predicted octanol–water partition coefficient (Wildman–Crippen LogP) is 1.70. The second-order valence-electron chi connectivity index (χ2n) is 5.17. The van der Waals surface area contributed by atoms with Crippen LogP contribution in [-0.4, -0.2) is 23.0 Å². The van der Waals surface area contributed by atoms with Gasteiger partial charge in [-0.05, 0) is 35.5 Å². The van der Waals surface area contributed by atoms with Crippen molar-refractivity contribution in [1.82, 2.24) is 4.98 Å². The molecule has 1 aromatic heterocycles. The zero-order chi connectivity index (χ0) is 19.6. The Morgan fingerprint density at radius 2 is 2.07 bits per heavy atom. The highest BCUT2D eigenvalue weighted by Gasteiger charge is 2.14. The number of oxazole rings is 1. The highest BCUT2D eigenvalue weighted by molar-refractivity contribution is 8.03. The fraction of sp³-hybridized carbons (Fsp3) is 0.0588. The number of carbonyl (C=O) groups is 1. The Kier molecular flexibility index (Phi) is 4.99. The number of aliphatic carboxylic acids is 1. The molecule has 0 unspecified atom stereocenters. The lowest BCUT2D eigenvalue weighted by Gasteiger charge is -2.16. The lowest BCUT2D eigenvalue weighted by atomic mass is 10.1. The number of nitro benzene ring substituents is 1. The van der Waals surface area contributed by atoms with Crippen molar-refractivity contribution in [3.05, 3.63) is 57.0 Å². The van der Waals surface area contributed by atoms with Crippen molar-refractivity contribution in [2.24, 2.45) is 0 Å². The van der Waals surface area contributed by atoms with Crippen LogP contribution in [0.1, 0.15) is 5.56 Å². The molecule has 0 aliphatic rings. The molecule has 138 valence electrons. The molecule has 0 N–H and O–H groups in total.